The molecule has 2 N–H and O–H groups in total. The monoisotopic (exact) mass is 275 g/mol. The molecule has 20 heavy (non-hydrogen) atoms. The van der Waals surface area contributed by atoms with E-state index in [9.17, 15) is 14.7 Å². The smallest absolute Gasteiger partial charge is 0.330 e. The van der Waals surface area contributed by atoms with Crippen LogP contribution in [0, 0.1) is 5.92 Å². The van der Waals surface area contributed by atoms with Crippen molar-refractivity contribution < 1.29 is 14.7 Å². The predicted octanol–water partition coefficient (Wildman–Crippen LogP) is 2.90. The second-order valence-corrected chi connectivity index (χ2v) is 5.46. The molecule has 4 heteroatoms. The van der Waals surface area contributed by atoms with Crippen LogP contribution in [0.1, 0.15) is 50.1 Å². The SMILES string of the molecule is O=C(CC1CCCCC1)N[C@H](C(=O)O)c1ccccc1. The Balaban J connectivity index is 1.94. The highest BCUT2D eigenvalue weighted by atomic mass is 16.4. The van der Waals surface area contributed by atoms with E-state index in [-0.39, 0.29) is 5.91 Å². The minimum absolute atomic E-state index is 0.159. The summed E-state index contributed by atoms with van der Waals surface area (Å²) >= 11 is 0. The van der Waals surface area contributed by atoms with E-state index < -0.39 is 12.0 Å². The number of aliphatic carboxylic acids is 1. The van der Waals surface area contributed by atoms with Crippen molar-refractivity contribution in [2.75, 3.05) is 0 Å². The van der Waals surface area contributed by atoms with E-state index in [1.54, 1.807) is 24.3 Å². The van der Waals surface area contributed by atoms with Gasteiger partial charge in [0.1, 0.15) is 0 Å². The van der Waals surface area contributed by atoms with Crippen LogP contribution in [-0.4, -0.2) is 17.0 Å². The predicted molar refractivity (Wildman–Crippen MR) is 76.2 cm³/mol. The van der Waals surface area contributed by atoms with Crippen LogP contribution in [0.4, 0.5) is 0 Å². The van der Waals surface area contributed by atoms with Gasteiger partial charge in [-0.25, -0.2) is 4.79 Å². The van der Waals surface area contributed by atoms with Gasteiger partial charge in [0.2, 0.25) is 5.91 Å². The molecule has 1 aromatic carbocycles. The topological polar surface area (TPSA) is 66.4 Å². The first-order valence-electron chi connectivity index (χ1n) is 7.24. The van der Waals surface area contributed by atoms with Gasteiger partial charge in [0, 0.05) is 6.42 Å². The van der Waals surface area contributed by atoms with E-state index in [4.69, 9.17) is 0 Å². The van der Waals surface area contributed by atoms with E-state index in [2.05, 4.69) is 5.32 Å². The van der Waals surface area contributed by atoms with E-state index in [0.717, 1.165) is 12.8 Å². The van der Waals surface area contributed by atoms with Gasteiger partial charge in [0.25, 0.3) is 0 Å². The molecule has 108 valence electrons. The molecule has 1 aromatic rings. The van der Waals surface area contributed by atoms with Crippen molar-refractivity contribution in [3.05, 3.63) is 35.9 Å². The van der Waals surface area contributed by atoms with Crippen molar-refractivity contribution in [3.8, 4) is 0 Å². The molecule has 4 nitrogen and oxygen atoms in total. The van der Waals surface area contributed by atoms with Gasteiger partial charge in [-0.15, -0.1) is 0 Å². The number of carbonyl (C=O) groups is 2. The fourth-order valence-electron chi connectivity index (χ4n) is 2.81. The fourth-order valence-corrected chi connectivity index (χ4v) is 2.81. The van der Waals surface area contributed by atoms with Crippen molar-refractivity contribution in [2.45, 2.75) is 44.6 Å². The summed E-state index contributed by atoms with van der Waals surface area (Å²) in [4.78, 5) is 23.3. The van der Waals surface area contributed by atoms with Gasteiger partial charge in [0.05, 0.1) is 0 Å². The summed E-state index contributed by atoms with van der Waals surface area (Å²) in [5, 5.41) is 11.9. The summed E-state index contributed by atoms with van der Waals surface area (Å²) in [5.74, 6) is -0.768. The number of benzene rings is 1. The number of carbonyl (C=O) groups excluding carboxylic acids is 1. The molecule has 0 saturated heterocycles. The quantitative estimate of drug-likeness (QED) is 0.868. The second kappa shape index (κ2) is 7.08. The second-order valence-electron chi connectivity index (χ2n) is 5.46. The maximum Gasteiger partial charge on any atom is 0.330 e. The third-order valence-corrected chi connectivity index (χ3v) is 3.88. The summed E-state index contributed by atoms with van der Waals surface area (Å²) in [6, 6.07) is 7.87. The fraction of sp³-hybridized carbons (Fsp3) is 0.500. The number of carboxylic acid groups (broad SMARTS) is 1. The number of carboxylic acids is 1. The Labute approximate surface area is 119 Å². The number of amides is 1. The minimum Gasteiger partial charge on any atom is -0.479 e. The lowest BCUT2D eigenvalue weighted by Gasteiger charge is -2.22. The number of rotatable bonds is 5. The molecular formula is C16H21NO3. The Hall–Kier alpha value is -1.84. The largest absolute Gasteiger partial charge is 0.479 e. The molecule has 0 spiro atoms. The van der Waals surface area contributed by atoms with Crippen LogP contribution >= 0.6 is 0 Å². The Morgan fingerprint density at radius 3 is 2.40 bits per heavy atom. The zero-order chi connectivity index (χ0) is 14.4. The summed E-state index contributed by atoms with van der Waals surface area (Å²) in [6.45, 7) is 0. The molecule has 2 rings (SSSR count). The van der Waals surface area contributed by atoms with Crippen LogP contribution in [0.25, 0.3) is 0 Å². The van der Waals surface area contributed by atoms with E-state index in [1.807, 2.05) is 6.07 Å². The molecule has 1 atom stereocenters. The maximum atomic E-state index is 12.0. The van der Waals surface area contributed by atoms with Gasteiger partial charge in [0.15, 0.2) is 6.04 Å². The minimum atomic E-state index is -1.02. The van der Waals surface area contributed by atoms with Crippen molar-refractivity contribution in [1.29, 1.82) is 0 Å². The van der Waals surface area contributed by atoms with Gasteiger partial charge in [-0.1, -0.05) is 49.6 Å². The Morgan fingerprint density at radius 2 is 1.80 bits per heavy atom. The zero-order valence-corrected chi connectivity index (χ0v) is 11.5. The molecule has 1 fully saturated rings. The molecule has 0 radical (unpaired) electrons. The lowest BCUT2D eigenvalue weighted by molar-refractivity contribution is -0.142. The summed E-state index contributed by atoms with van der Waals surface area (Å²) < 4.78 is 0. The molecule has 0 aromatic heterocycles. The third kappa shape index (κ3) is 4.08. The molecule has 0 bridgehead atoms. The van der Waals surface area contributed by atoms with Gasteiger partial charge in [-0.2, -0.15) is 0 Å². The van der Waals surface area contributed by atoms with Gasteiger partial charge in [-0.05, 0) is 24.3 Å². The highest BCUT2D eigenvalue weighted by molar-refractivity contribution is 5.84. The summed E-state index contributed by atoms with van der Waals surface area (Å²) in [7, 11) is 0. The first-order chi connectivity index (χ1) is 9.66. The van der Waals surface area contributed by atoms with Crippen LogP contribution in [-0.2, 0) is 9.59 Å². The van der Waals surface area contributed by atoms with Gasteiger partial charge < -0.3 is 10.4 Å². The van der Waals surface area contributed by atoms with Crippen molar-refractivity contribution in [2.24, 2.45) is 5.92 Å². The van der Waals surface area contributed by atoms with Crippen LogP contribution in [0.5, 0.6) is 0 Å². The first-order valence-corrected chi connectivity index (χ1v) is 7.24. The van der Waals surface area contributed by atoms with Crippen molar-refractivity contribution in [3.63, 3.8) is 0 Å². The van der Waals surface area contributed by atoms with E-state index >= 15 is 0 Å². The molecule has 1 saturated carbocycles. The average molecular weight is 275 g/mol. The number of hydrogen-bond acceptors (Lipinski definition) is 2. The van der Waals surface area contributed by atoms with Crippen molar-refractivity contribution >= 4 is 11.9 Å². The molecule has 0 unspecified atom stereocenters. The summed E-state index contributed by atoms with van der Waals surface area (Å²) in [5.41, 5.74) is 0.608. The first kappa shape index (κ1) is 14.6. The number of nitrogens with one attached hydrogen (secondary N) is 1. The Morgan fingerprint density at radius 1 is 1.15 bits per heavy atom. The molecule has 0 aliphatic heterocycles. The molecule has 1 aliphatic carbocycles. The molecule has 1 amide bonds. The van der Waals surface area contributed by atoms with Gasteiger partial charge >= 0.3 is 5.97 Å². The van der Waals surface area contributed by atoms with Crippen LogP contribution < -0.4 is 5.32 Å². The molecule has 0 heterocycles. The normalized spacial score (nSPS) is 17.4. The Kier molecular flexibility index (Phi) is 5.16. The zero-order valence-electron chi connectivity index (χ0n) is 11.5. The maximum absolute atomic E-state index is 12.0. The van der Waals surface area contributed by atoms with E-state index in [0.29, 0.717) is 17.9 Å². The molecular weight excluding hydrogens is 254 g/mol. The standard InChI is InChI=1S/C16H21NO3/c18-14(11-12-7-3-1-4-8-12)17-15(16(19)20)13-9-5-2-6-10-13/h2,5-6,9-10,12,15H,1,3-4,7-8,11H2,(H,17,18)(H,19,20)/t15-/m0/s1. The third-order valence-electron chi connectivity index (χ3n) is 3.88. The van der Waals surface area contributed by atoms with Crippen molar-refractivity contribution in [1.82, 2.24) is 5.32 Å². The Bertz CT molecular complexity index is 452. The van der Waals surface area contributed by atoms with Crippen LogP contribution in [0.15, 0.2) is 30.3 Å². The lowest BCUT2D eigenvalue weighted by Crippen LogP contribution is -2.34. The molecule has 1 aliphatic rings. The number of hydrogen-bond donors (Lipinski definition) is 2. The average Bonchev–Trinajstić information content (AvgIpc) is 2.46. The lowest BCUT2D eigenvalue weighted by atomic mass is 9.87. The van der Waals surface area contributed by atoms with Crippen LogP contribution in [0.3, 0.4) is 0 Å². The van der Waals surface area contributed by atoms with Crippen LogP contribution in [0.2, 0.25) is 0 Å². The highest BCUT2D eigenvalue weighted by Crippen LogP contribution is 2.26. The highest BCUT2D eigenvalue weighted by Gasteiger charge is 2.24. The van der Waals surface area contributed by atoms with Gasteiger partial charge in [-0.3, -0.25) is 4.79 Å². The summed E-state index contributed by atoms with van der Waals surface area (Å²) in [6.07, 6.45) is 6.21. The van der Waals surface area contributed by atoms with E-state index in [1.165, 1.54) is 19.3 Å².